The van der Waals surface area contributed by atoms with E-state index in [9.17, 15) is 9.59 Å². The van der Waals surface area contributed by atoms with E-state index in [4.69, 9.17) is 9.15 Å². The topological polar surface area (TPSA) is 63.0 Å². The lowest BCUT2D eigenvalue weighted by molar-refractivity contribution is 0.0722. The molecule has 0 saturated heterocycles. The Balaban J connectivity index is 1.80. The van der Waals surface area contributed by atoms with Gasteiger partial charge in [0.2, 0.25) is 5.76 Å². The number of hydrogen-bond acceptors (Lipinski definition) is 5. The number of nitrogens with zero attached hydrogens (tertiary/aromatic N) is 2. The molecule has 0 saturated carbocycles. The minimum atomic E-state index is -0.474. The van der Waals surface area contributed by atoms with Gasteiger partial charge in [0.1, 0.15) is 11.3 Å². The number of carbonyl (C=O) groups is 1. The maximum atomic E-state index is 13.4. The zero-order valence-electron chi connectivity index (χ0n) is 18.4. The molecule has 1 amide bonds. The van der Waals surface area contributed by atoms with Crippen LogP contribution >= 0.6 is 0 Å². The average Bonchev–Trinajstić information content (AvgIpc) is 3.00. The van der Waals surface area contributed by atoms with Gasteiger partial charge in [0.25, 0.3) is 5.91 Å². The van der Waals surface area contributed by atoms with Gasteiger partial charge in [0, 0.05) is 6.54 Å². The van der Waals surface area contributed by atoms with E-state index in [1.54, 1.807) is 23.1 Å². The molecule has 0 spiro atoms. The number of carbonyl (C=O) groups excluding carboxylic acids is 1. The normalized spacial score (nSPS) is 15.9. The van der Waals surface area contributed by atoms with E-state index in [0.29, 0.717) is 23.1 Å². The van der Waals surface area contributed by atoms with E-state index in [1.807, 2.05) is 58.3 Å². The summed E-state index contributed by atoms with van der Waals surface area (Å²) in [6, 6.07) is 14.2. The number of fused-ring (bicyclic) bond motifs is 2. The van der Waals surface area contributed by atoms with Crippen molar-refractivity contribution >= 4 is 16.9 Å². The van der Waals surface area contributed by atoms with Gasteiger partial charge in [-0.25, -0.2) is 0 Å². The van der Waals surface area contributed by atoms with Crippen molar-refractivity contribution in [1.29, 1.82) is 0 Å². The van der Waals surface area contributed by atoms with Crippen molar-refractivity contribution in [1.82, 2.24) is 9.80 Å². The highest BCUT2D eigenvalue weighted by Gasteiger charge is 2.42. The minimum absolute atomic E-state index is 0.0700. The lowest BCUT2D eigenvalue weighted by Crippen LogP contribution is -2.32. The van der Waals surface area contributed by atoms with Crippen molar-refractivity contribution in [2.24, 2.45) is 0 Å². The van der Waals surface area contributed by atoms with Crippen molar-refractivity contribution < 1.29 is 13.9 Å². The highest BCUT2D eigenvalue weighted by molar-refractivity contribution is 5.99. The lowest BCUT2D eigenvalue weighted by atomic mass is 9.98. The predicted molar refractivity (Wildman–Crippen MR) is 121 cm³/mol. The van der Waals surface area contributed by atoms with Crippen LogP contribution < -0.4 is 10.2 Å². The van der Waals surface area contributed by atoms with Gasteiger partial charge >= 0.3 is 0 Å². The smallest absolute Gasteiger partial charge is 0.290 e. The van der Waals surface area contributed by atoms with E-state index >= 15 is 0 Å². The molecule has 1 aromatic heterocycles. The molecule has 0 unspecified atom stereocenters. The van der Waals surface area contributed by atoms with Crippen LogP contribution in [0.15, 0.2) is 57.7 Å². The highest BCUT2D eigenvalue weighted by Crippen LogP contribution is 2.38. The molecule has 0 fully saturated rings. The van der Waals surface area contributed by atoms with Gasteiger partial charge < -0.3 is 19.0 Å². The molecule has 162 valence electrons. The van der Waals surface area contributed by atoms with Crippen LogP contribution in [-0.2, 0) is 0 Å². The Morgan fingerprint density at radius 1 is 1.06 bits per heavy atom. The first-order valence-corrected chi connectivity index (χ1v) is 10.6. The van der Waals surface area contributed by atoms with Crippen LogP contribution in [0, 0.1) is 0 Å². The predicted octanol–water partition coefficient (Wildman–Crippen LogP) is 4.08. The number of hydrogen-bond donors (Lipinski definition) is 0. The molecule has 2 aromatic carbocycles. The number of ether oxygens (including phenoxy) is 1. The number of amides is 1. The fourth-order valence-corrected chi connectivity index (χ4v) is 4.10. The van der Waals surface area contributed by atoms with Crippen molar-refractivity contribution in [3.05, 3.63) is 75.6 Å². The first-order valence-electron chi connectivity index (χ1n) is 10.6. The summed E-state index contributed by atoms with van der Waals surface area (Å²) < 4.78 is 11.7. The standard InChI is InChI=1S/C25H28N2O4/c1-16(2)30-18-12-10-17(11-13-18)22-21-23(28)19-8-5-6-9-20(19)31-24(21)25(29)27(22)15-7-14-26(3)4/h5-6,8-13,16,22H,7,14-15H2,1-4H3/t22-/m0/s1. The first kappa shape index (κ1) is 21.1. The Labute approximate surface area is 182 Å². The largest absolute Gasteiger partial charge is 0.491 e. The van der Waals surface area contributed by atoms with Crippen LogP contribution in [0.3, 0.4) is 0 Å². The summed E-state index contributed by atoms with van der Waals surface area (Å²) in [5, 5.41) is 0.494. The molecular formula is C25H28N2O4. The molecule has 2 heterocycles. The molecule has 4 rings (SSSR count). The Morgan fingerprint density at radius 2 is 1.77 bits per heavy atom. The second-order valence-corrected chi connectivity index (χ2v) is 8.46. The average molecular weight is 421 g/mol. The van der Waals surface area contributed by atoms with Gasteiger partial charge in [0.15, 0.2) is 5.43 Å². The lowest BCUT2D eigenvalue weighted by Gasteiger charge is -2.26. The summed E-state index contributed by atoms with van der Waals surface area (Å²) in [6.45, 7) is 5.33. The van der Waals surface area contributed by atoms with E-state index in [-0.39, 0.29) is 23.2 Å². The molecular weight excluding hydrogens is 392 g/mol. The van der Waals surface area contributed by atoms with E-state index in [2.05, 4.69) is 4.90 Å². The molecule has 1 atom stereocenters. The summed E-state index contributed by atoms with van der Waals surface area (Å²) in [4.78, 5) is 30.6. The third kappa shape index (κ3) is 4.08. The molecule has 0 bridgehead atoms. The van der Waals surface area contributed by atoms with Crippen molar-refractivity contribution in [3.63, 3.8) is 0 Å². The quantitative estimate of drug-likeness (QED) is 0.576. The Morgan fingerprint density at radius 3 is 2.45 bits per heavy atom. The third-order valence-electron chi connectivity index (χ3n) is 5.45. The summed E-state index contributed by atoms with van der Waals surface area (Å²) in [5.41, 5.74) is 1.59. The summed E-state index contributed by atoms with van der Waals surface area (Å²) in [7, 11) is 4.01. The highest BCUT2D eigenvalue weighted by atomic mass is 16.5. The van der Waals surface area contributed by atoms with E-state index in [1.165, 1.54) is 0 Å². The van der Waals surface area contributed by atoms with Crippen LogP contribution in [0.2, 0.25) is 0 Å². The zero-order valence-corrected chi connectivity index (χ0v) is 18.4. The van der Waals surface area contributed by atoms with Crippen LogP contribution in [0.5, 0.6) is 5.75 Å². The fourth-order valence-electron chi connectivity index (χ4n) is 4.10. The molecule has 0 radical (unpaired) electrons. The van der Waals surface area contributed by atoms with Crippen LogP contribution in [0.1, 0.15) is 48.0 Å². The van der Waals surface area contributed by atoms with Crippen LogP contribution in [0.4, 0.5) is 0 Å². The van der Waals surface area contributed by atoms with E-state index < -0.39 is 6.04 Å². The number of rotatable bonds is 7. The third-order valence-corrected chi connectivity index (χ3v) is 5.45. The Bertz CT molecular complexity index is 1150. The second kappa shape index (κ2) is 8.55. The fraction of sp³-hybridized carbons (Fsp3) is 0.360. The SMILES string of the molecule is CC(C)Oc1ccc([C@H]2c3c(oc4ccccc4c3=O)C(=O)N2CCCN(C)C)cc1. The molecule has 6 nitrogen and oxygen atoms in total. The zero-order chi connectivity index (χ0) is 22.1. The van der Waals surface area contributed by atoms with Crippen molar-refractivity contribution in [2.45, 2.75) is 32.4 Å². The monoisotopic (exact) mass is 420 g/mol. The van der Waals surface area contributed by atoms with E-state index in [0.717, 1.165) is 24.3 Å². The van der Waals surface area contributed by atoms with Gasteiger partial charge in [-0.3, -0.25) is 9.59 Å². The van der Waals surface area contributed by atoms with Crippen molar-refractivity contribution in [2.75, 3.05) is 27.2 Å². The maximum absolute atomic E-state index is 13.4. The molecule has 0 aliphatic carbocycles. The van der Waals surface area contributed by atoms with Crippen LogP contribution in [-0.4, -0.2) is 49.0 Å². The molecule has 0 N–H and O–H groups in total. The summed E-state index contributed by atoms with van der Waals surface area (Å²) in [5.74, 6) is 0.679. The Hall–Kier alpha value is -3.12. The number of benzene rings is 2. The molecule has 1 aliphatic heterocycles. The summed E-state index contributed by atoms with van der Waals surface area (Å²) >= 11 is 0. The summed E-state index contributed by atoms with van der Waals surface area (Å²) in [6.07, 6.45) is 0.867. The minimum Gasteiger partial charge on any atom is -0.491 e. The van der Waals surface area contributed by atoms with Crippen molar-refractivity contribution in [3.8, 4) is 5.75 Å². The van der Waals surface area contributed by atoms with Gasteiger partial charge in [-0.15, -0.1) is 0 Å². The van der Waals surface area contributed by atoms with Crippen LogP contribution in [0.25, 0.3) is 11.0 Å². The van der Waals surface area contributed by atoms with Gasteiger partial charge in [-0.1, -0.05) is 24.3 Å². The number of para-hydroxylation sites is 1. The maximum Gasteiger partial charge on any atom is 0.290 e. The van der Waals surface area contributed by atoms with Gasteiger partial charge in [0.05, 0.1) is 23.1 Å². The van der Waals surface area contributed by atoms with Gasteiger partial charge in [-0.2, -0.15) is 0 Å². The molecule has 3 aromatic rings. The molecule has 6 heteroatoms. The first-order chi connectivity index (χ1) is 14.9. The second-order valence-electron chi connectivity index (χ2n) is 8.46. The molecule has 31 heavy (non-hydrogen) atoms. The molecule has 1 aliphatic rings. The van der Waals surface area contributed by atoms with Gasteiger partial charge in [-0.05, 0) is 70.7 Å². The Kier molecular flexibility index (Phi) is 5.83.